The lowest BCUT2D eigenvalue weighted by Crippen LogP contribution is -2.59. The Kier molecular flexibility index (Phi) is 10.2. The van der Waals surface area contributed by atoms with Crippen molar-refractivity contribution in [1.29, 1.82) is 0 Å². The summed E-state index contributed by atoms with van der Waals surface area (Å²) in [6.07, 6.45) is 1.46. The molecule has 2 fully saturated rings. The number of nitrogens with one attached hydrogen (secondary N) is 3. The molecule has 240 valence electrons. The number of rotatable bonds is 11. The minimum absolute atomic E-state index is 0.0191. The molecule has 12 nitrogen and oxygen atoms in total. The Hall–Kier alpha value is -3.74. The van der Waals surface area contributed by atoms with Crippen LogP contribution in [0.5, 0.6) is 0 Å². The fraction of sp³-hybridized carbons (Fsp3) is 0.600. The van der Waals surface area contributed by atoms with Crippen LogP contribution >= 0.6 is 11.6 Å². The van der Waals surface area contributed by atoms with Crippen LogP contribution in [0.3, 0.4) is 0 Å². The zero-order chi connectivity index (χ0) is 32.2. The zero-order valence-electron chi connectivity index (χ0n) is 25.3. The van der Waals surface area contributed by atoms with E-state index in [2.05, 4.69) is 25.8 Å². The number of benzene rings is 1. The van der Waals surface area contributed by atoms with Crippen molar-refractivity contribution in [2.24, 2.45) is 10.6 Å². The van der Waals surface area contributed by atoms with Gasteiger partial charge in [0.1, 0.15) is 12.1 Å². The Bertz CT molecular complexity index is 1330. The summed E-state index contributed by atoms with van der Waals surface area (Å²) in [5.74, 6) is -2.80. The average Bonchev–Trinajstić information content (AvgIpc) is 3.55. The van der Waals surface area contributed by atoms with Crippen molar-refractivity contribution in [3.05, 3.63) is 34.9 Å². The first-order valence-electron chi connectivity index (χ1n) is 14.7. The number of alkyl halides is 1. The number of amides is 4. The molecule has 4 atom stereocenters. The fourth-order valence-corrected chi connectivity index (χ4v) is 5.63. The highest BCUT2D eigenvalue weighted by Crippen LogP contribution is 2.40. The smallest absolute Gasteiger partial charge is 0.410 e. The molecule has 1 saturated carbocycles. The number of nitrogens with zero attached hydrogens (tertiary/aromatic N) is 2. The molecule has 1 aromatic carbocycles. The number of carbonyl (C=O) groups excluding carboxylic acids is 5. The highest BCUT2D eigenvalue weighted by molar-refractivity contribution is 6.38. The Morgan fingerprint density at radius 2 is 1.93 bits per heavy atom. The van der Waals surface area contributed by atoms with Crippen LogP contribution in [0.2, 0.25) is 5.02 Å². The minimum atomic E-state index is -1.38. The second-order valence-corrected chi connectivity index (χ2v) is 13.1. The molecule has 1 aromatic rings. The molecular weight excluding hydrogens is 597 g/mol. The number of Topliss-reactive ketones (excluding diaryl/α,β-unsaturated/α-hetero) is 1. The summed E-state index contributed by atoms with van der Waals surface area (Å²) in [5.41, 5.74) is -0.665. The Balaban J connectivity index is 1.61. The van der Waals surface area contributed by atoms with Crippen molar-refractivity contribution in [3.8, 4) is 0 Å². The molecule has 14 heteroatoms. The van der Waals surface area contributed by atoms with Crippen molar-refractivity contribution in [2.45, 2.75) is 96.0 Å². The van der Waals surface area contributed by atoms with Crippen LogP contribution < -0.4 is 16.0 Å². The molecule has 1 saturated heterocycles. The maximum Gasteiger partial charge on any atom is 0.410 e. The molecule has 1 aliphatic carbocycles. The first kappa shape index (κ1) is 33.2. The van der Waals surface area contributed by atoms with E-state index in [-0.39, 0.29) is 31.8 Å². The van der Waals surface area contributed by atoms with Crippen LogP contribution in [0.4, 0.5) is 9.18 Å². The number of alkyl carbamates (subject to hydrolysis) is 1. The monoisotopic (exact) mass is 635 g/mol. The molecular formula is C30H39ClFN5O7. The van der Waals surface area contributed by atoms with Crippen LogP contribution in [0.15, 0.2) is 29.4 Å². The number of hydrogen-bond acceptors (Lipinski definition) is 8. The molecule has 3 N–H and O–H groups in total. The van der Waals surface area contributed by atoms with Crippen molar-refractivity contribution in [2.75, 3.05) is 13.4 Å². The van der Waals surface area contributed by atoms with E-state index in [0.717, 1.165) is 18.4 Å². The van der Waals surface area contributed by atoms with Crippen molar-refractivity contribution in [1.82, 2.24) is 20.9 Å². The van der Waals surface area contributed by atoms with Crippen LogP contribution in [-0.4, -0.2) is 83.4 Å². The molecule has 2 aliphatic heterocycles. The lowest BCUT2D eigenvalue weighted by Gasteiger charge is -2.35. The number of ketones is 1. The van der Waals surface area contributed by atoms with Gasteiger partial charge in [0, 0.05) is 29.5 Å². The van der Waals surface area contributed by atoms with Gasteiger partial charge in [-0.05, 0) is 36.8 Å². The molecule has 1 spiro atoms. The summed E-state index contributed by atoms with van der Waals surface area (Å²) >= 11 is 6.17. The van der Waals surface area contributed by atoms with E-state index in [1.165, 1.54) is 4.90 Å². The molecule has 3 aliphatic rings. The van der Waals surface area contributed by atoms with Crippen LogP contribution in [-0.2, 0) is 28.8 Å². The standard InChI is InChI=1S/C30H39ClFN5O7/c1-5-7-20(23(38)26(40)33-19-10-11-19)34-25(39)22-14-30(13-21(36-44-30)17-8-6-9-18(31)12-17)15-37(22)27(41)24(29(2,3)4)35-28(42)43-16-32/h6,8-9,12,19-20,22,24H,5,7,10-11,13-16H2,1-4H3,(H,33,40)(H,34,39)(H,35,42)/t20-,22-,24+,30+/m0/s1. The predicted octanol–water partition coefficient (Wildman–Crippen LogP) is 3.00. The molecule has 4 rings (SSSR count). The summed E-state index contributed by atoms with van der Waals surface area (Å²) in [5, 5.41) is 12.5. The predicted molar refractivity (Wildman–Crippen MR) is 158 cm³/mol. The van der Waals surface area contributed by atoms with Crippen molar-refractivity contribution < 1.29 is 37.9 Å². The molecule has 44 heavy (non-hydrogen) atoms. The summed E-state index contributed by atoms with van der Waals surface area (Å²) in [4.78, 5) is 72.9. The molecule has 0 aromatic heterocycles. The minimum Gasteiger partial charge on any atom is -0.418 e. The number of halogens is 2. The van der Waals surface area contributed by atoms with Gasteiger partial charge in [-0.15, -0.1) is 0 Å². The van der Waals surface area contributed by atoms with Crippen molar-refractivity contribution >= 4 is 46.9 Å². The topological polar surface area (TPSA) is 156 Å². The summed E-state index contributed by atoms with van der Waals surface area (Å²) in [7, 11) is 0. The third-order valence-electron chi connectivity index (χ3n) is 7.89. The average molecular weight is 636 g/mol. The summed E-state index contributed by atoms with van der Waals surface area (Å²) in [6, 6.07) is 3.56. The van der Waals surface area contributed by atoms with E-state index < -0.39 is 65.6 Å². The largest absolute Gasteiger partial charge is 0.418 e. The Labute approximate surface area is 260 Å². The highest BCUT2D eigenvalue weighted by Gasteiger charge is 2.55. The van der Waals surface area contributed by atoms with Crippen LogP contribution in [0.1, 0.15) is 71.8 Å². The van der Waals surface area contributed by atoms with Gasteiger partial charge in [-0.25, -0.2) is 9.18 Å². The van der Waals surface area contributed by atoms with Gasteiger partial charge < -0.3 is 30.4 Å². The van der Waals surface area contributed by atoms with Gasteiger partial charge in [0.15, 0.2) is 5.60 Å². The van der Waals surface area contributed by atoms with Crippen molar-refractivity contribution in [3.63, 3.8) is 0 Å². The summed E-state index contributed by atoms with van der Waals surface area (Å²) in [6.45, 7) is 5.47. The van der Waals surface area contributed by atoms with E-state index in [0.29, 0.717) is 17.2 Å². The number of carbonyl (C=O) groups is 5. The lowest BCUT2D eigenvalue weighted by atomic mass is 9.85. The fourth-order valence-electron chi connectivity index (χ4n) is 5.44. The maximum absolute atomic E-state index is 14.1. The Morgan fingerprint density at radius 3 is 2.55 bits per heavy atom. The van der Waals surface area contributed by atoms with Crippen LogP contribution in [0.25, 0.3) is 0 Å². The first-order chi connectivity index (χ1) is 20.8. The molecule has 0 radical (unpaired) electrons. The van der Waals surface area contributed by atoms with Gasteiger partial charge in [-0.2, -0.15) is 0 Å². The van der Waals surface area contributed by atoms with E-state index in [4.69, 9.17) is 16.4 Å². The SMILES string of the molecule is CCC[C@H](NC(=O)[C@@H]1C[C@]2(CC(c3cccc(Cl)c3)=NO2)CN1C(=O)[C@@H](NC(=O)OCF)C(C)(C)C)C(=O)C(=O)NC1CC1. The third kappa shape index (κ3) is 7.85. The second-order valence-electron chi connectivity index (χ2n) is 12.6. The first-order valence-corrected chi connectivity index (χ1v) is 15.1. The number of ether oxygens (including phenoxy) is 1. The van der Waals surface area contributed by atoms with E-state index in [9.17, 15) is 28.4 Å². The normalized spacial score (nSPS) is 22.5. The third-order valence-corrected chi connectivity index (χ3v) is 8.13. The van der Waals surface area contributed by atoms with Gasteiger partial charge >= 0.3 is 6.09 Å². The Morgan fingerprint density at radius 1 is 1.20 bits per heavy atom. The highest BCUT2D eigenvalue weighted by atomic mass is 35.5. The number of likely N-dealkylation sites (tertiary alicyclic amines) is 1. The summed E-state index contributed by atoms with van der Waals surface area (Å²) < 4.78 is 17.1. The quantitative estimate of drug-likeness (QED) is 0.316. The van der Waals surface area contributed by atoms with Gasteiger partial charge in [0.2, 0.25) is 24.5 Å². The molecule has 2 heterocycles. The van der Waals surface area contributed by atoms with Gasteiger partial charge in [0.25, 0.3) is 5.91 Å². The maximum atomic E-state index is 14.1. The number of hydrogen-bond donors (Lipinski definition) is 3. The molecule has 0 unspecified atom stereocenters. The number of oxime groups is 1. The van der Waals surface area contributed by atoms with E-state index in [1.807, 2.05) is 13.0 Å². The van der Waals surface area contributed by atoms with Gasteiger partial charge in [-0.3, -0.25) is 19.2 Å². The van der Waals surface area contributed by atoms with Gasteiger partial charge in [-0.1, -0.05) is 63.0 Å². The zero-order valence-corrected chi connectivity index (χ0v) is 26.0. The van der Waals surface area contributed by atoms with Gasteiger partial charge in [0.05, 0.1) is 18.3 Å². The lowest BCUT2D eigenvalue weighted by molar-refractivity contribution is -0.144. The molecule has 4 amide bonds. The molecule has 0 bridgehead atoms. The van der Waals surface area contributed by atoms with E-state index >= 15 is 0 Å². The second kappa shape index (κ2) is 13.5. The van der Waals surface area contributed by atoms with E-state index in [1.54, 1.807) is 39.0 Å². The van der Waals surface area contributed by atoms with Crippen LogP contribution in [0, 0.1) is 5.41 Å².